The molecule has 1 spiro atoms. The highest BCUT2D eigenvalue weighted by Gasteiger charge is 2.53. The molecule has 0 atom stereocenters. The molecule has 0 aliphatic heterocycles. The highest BCUT2D eigenvalue weighted by atomic mass is 32.1. The van der Waals surface area contributed by atoms with Crippen LogP contribution >= 0.6 is 11.3 Å². The van der Waals surface area contributed by atoms with E-state index in [1.807, 2.05) is 35.6 Å². The highest BCUT2D eigenvalue weighted by Crippen LogP contribution is 2.67. The summed E-state index contributed by atoms with van der Waals surface area (Å²) in [5.74, 6) is 0.723. The topological polar surface area (TPSA) is 25.8 Å². The molecule has 0 bridgehead atoms. The summed E-state index contributed by atoms with van der Waals surface area (Å²) >= 11 is 1.95. The zero-order valence-corrected chi connectivity index (χ0v) is 28.9. The molecule has 0 saturated carbocycles. The molecule has 0 saturated heterocycles. The van der Waals surface area contributed by atoms with Crippen LogP contribution in [0.3, 0.4) is 0 Å². The molecular weight excluding hydrogens is 649 g/mol. The first kappa shape index (κ1) is 29.3. The molecule has 9 aromatic rings. The lowest BCUT2D eigenvalue weighted by Gasteiger charge is -2.29. The maximum atomic E-state index is 5.10. The molecule has 0 N–H and O–H groups in total. The molecule has 2 aliphatic carbocycles. The molecular formula is C49H30N2S. The quantitative estimate of drug-likeness (QED) is 0.185. The second-order valence-electron chi connectivity index (χ2n) is 13.6. The van der Waals surface area contributed by atoms with Gasteiger partial charge in [0.1, 0.15) is 0 Å². The van der Waals surface area contributed by atoms with Crippen LogP contribution in [0.15, 0.2) is 182 Å². The van der Waals surface area contributed by atoms with Crippen LogP contribution in [0.25, 0.3) is 77.4 Å². The summed E-state index contributed by atoms with van der Waals surface area (Å²) < 4.78 is 1.33. The number of hydrogen-bond acceptors (Lipinski definition) is 3. The molecule has 2 nitrogen and oxygen atoms in total. The van der Waals surface area contributed by atoms with Gasteiger partial charge in [-0.25, -0.2) is 9.97 Å². The van der Waals surface area contributed by atoms with Crippen LogP contribution < -0.4 is 0 Å². The Morgan fingerprint density at radius 1 is 0.385 bits per heavy atom. The average Bonchev–Trinajstić information content (AvgIpc) is 3.85. The van der Waals surface area contributed by atoms with E-state index < -0.39 is 0 Å². The Kier molecular flexibility index (Phi) is 6.37. The maximum absolute atomic E-state index is 5.10. The van der Waals surface area contributed by atoms with E-state index in [1.54, 1.807) is 0 Å². The Balaban J connectivity index is 1.11. The van der Waals surface area contributed by atoms with Gasteiger partial charge in [0.15, 0.2) is 5.82 Å². The molecule has 11 rings (SSSR count). The zero-order chi connectivity index (χ0) is 34.2. The van der Waals surface area contributed by atoms with E-state index in [1.165, 1.54) is 65.0 Å². The number of nitrogens with zero attached hydrogens (tertiary/aromatic N) is 2. The first-order valence-electron chi connectivity index (χ1n) is 17.7. The Hall–Kier alpha value is -6.42. The van der Waals surface area contributed by atoms with E-state index in [4.69, 9.17) is 9.97 Å². The van der Waals surface area contributed by atoms with Crippen LogP contribution in [-0.2, 0) is 5.41 Å². The normalized spacial score (nSPS) is 13.2. The van der Waals surface area contributed by atoms with Crippen LogP contribution in [0.4, 0.5) is 0 Å². The minimum atomic E-state index is -0.361. The van der Waals surface area contributed by atoms with Crippen LogP contribution in [0.1, 0.15) is 21.6 Å². The first-order chi connectivity index (χ1) is 25.8. The van der Waals surface area contributed by atoms with Crippen molar-refractivity contribution in [3.05, 3.63) is 204 Å². The van der Waals surface area contributed by atoms with Gasteiger partial charge in [0.2, 0.25) is 0 Å². The van der Waals surface area contributed by atoms with Crippen molar-refractivity contribution in [1.82, 2.24) is 9.97 Å². The van der Waals surface area contributed by atoms with Gasteiger partial charge in [0.05, 0.1) is 16.8 Å². The molecule has 52 heavy (non-hydrogen) atoms. The maximum Gasteiger partial charge on any atom is 0.160 e. The van der Waals surface area contributed by atoms with Gasteiger partial charge >= 0.3 is 0 Å². The number of benzene rings is 7. The number of rotatable bonds is 4. The van der Waals surface area contributed by atoms with Crippen molar-refractivity contribution < 1.29 is 0 Å². The summed E-state index contributed by atoms with van der Waals surface area (Å²) in [6, 6.07) is 65.7. The summed E-state index contributed by atoms with van der Waals surface area (Å²) in [4.78, 5) is 11.5. The van der Waals surface area contributed by atoms with Crippen LogP contribution in [0.2, 0.25) is 0 Å². The second-order valence-corrected chi connectivity index (χ2v) is 14.7. The monoisotopic (exact) mass is 678 g/mol. The Bertz CT molecular complexity index is 2730. The number of fused-ring (bicyclic) bond motifs is 12. The van der Waals surface area contributed by atoms with Gasteiger partial charge in [-0.2, -0.15) is 0 Å². The molecule has 0 fully saturated rings. The molecule has 2 heterocycles. The van der Waals surface area contributed by atoms with E-state index in [-0.39, 0.29) is 5.41 Å². The Labute approximate surface area is 306 Å². The fraction of sp³-hybridized carbons (Fsp3) is 0.0204. The molecule has 0 amide bonds. The van der Waals surface area contributed by atoms with E-state index in [0.29, 0.717) is 0 Å². The average molecular weight is 679 g/mol. The van der Waals surface area contributed by atoms with Crippen LogP contribution in [0, 0.1) is 0 Å². The number of thiophene rings is 1. The summed E-state index contributed by atoms with van der Waals surface area (Å²) in [5, 5.41) is 1.33. The third kappa shape index (κ3) is 4.11. The van der Waals surface area contributed by atoms with Crippen LogP contribution in [-0.4, -0.2) is 9.97 Å². The van der Waals surface area contributed by atoms with E-state index in [0.717, 1.165) is 33.9 Å². The molecule has 2 aromatic heterocycles. The summed E-state index contributed by atoms with van der Waals surface area (Å²) in [5.41, 5.74) is 16.5. The number of aromatic nitrogens is 2. The van der Waals surface area contributed by atoms with Crippen molar-refractivity contribution in [1.29, 1.82) is 0 Å². The second kappa shape index (κ2) is 11.3. The van der Waals surface area contributed by atoms with Gasteiger partial charge in [-0.3, -0.25) is 0 Å². The highest BCUT2D eigenvalue weighted by molar-refractivity contribution is 7.20. The van der Waals surface area contributed by atoms with Gasteiger partial charge in [-0.15, -0.1) is 11.3 Å². The van der Waals surface area contributed by atoms with Gasteiger partial charge < -0.3 is 0 Å². The van der Waals surface area contributed by atoms with Gasteiger partial charge in [0.25, 0.3) is 0 Å². The third-order valence-corrected chi connectivity index (χ3v) is 12.2. The number of hydrogen-bond donors (Lipinski definition) is 0. The lowest BCUT2D eigenvalue weighted by atomic mass is 9.73. The van der Waals surface area contributed by atoms with Gasteiger partial charge in [-0.05, 0) is 56.6 Å². The third-order valence-electron chi connectivity index (χ3n) is 10.9. The summed E-state index contributed by atoms with van der Waals surface area (Å²) in [7, 11) is 0. The first-order valence-corrected chi connectivity index (χ1v) is 18.6. The van der Waals surface area contributed by atoms with Crippen molar-refractivity contribution in [2.45, 2.75) is 5.41 Å². The van der Waals surface area contributed by atoms with Crippen molar-refractivity contribution in [2.75, 3.05) is 0 Å². The van der Waals surface area contributed by atoms with Gasteiger partial charge in [-0.1, -0.05) is 170 Å². The summed E-state index contributed by atoms with van der Waals surface area (Å²) in [6.07, 6.45) is 0. The van der Waals surface area contributed by atoms with Crippen LogP contribution in [0.5, 0.6) is 0 Å². The molecule has 0 radical (unpaired) electrons. The molecule has 2 aliphatic rings. The zero-order valence-electron chi connectivity index (χ0n) is 28.1. The van der Waals surface area contributed by atoms with E-state index >= 15 is 0 Å². The fourth-order valence-electron chi connectivity index (χ4n) is 8.71. The minimum absolute atomic E-state index is 0.361. The standard InChI is InChI=1S/C49H30N2S/c1-3-14-32(15-4-1)42-30-43(51-48(50-42)34-16-5-2-6-17-34)33-28-26-31(27-29-33)35-21-13-24-41-45(35)46-38-20-9-12-25-44(38)52-47(46)49(41)39-22-10-7-18-36(39)37-19-8-11-23-40(37)49/h1-30H. The lowest BCUT2D eigenvalue weighted by Crippen LogP contribution is -2.24. The van der Waals surface area contributed by atoms with Crippen molar-refractivity contribution in [2.24, 2.45) is 0 Å². The smallest absolute Gasteiger partial charge is 0.160 e. The Morgan fingerprint density at radius 2 is 0.904 bits per heavy atom. The SMILES string of the molecule is c1ccc(-c2cc(-c3ccc(-c4cccc5c4-c4c(sc6ccccc46)C54c5ccccc5-c5ccccc54)cc3)nc(-c3ccccc3)n2)cc1. The molecule has 0 unspecified atom stereocenters. The largest absolute Gasteiger partial charge is 0.228 e. The summed E-state index contributed by atoms with van der Waals surface area (Å²) in [6.45, 7) is 0. The minimum Gasteiger partial charge on any atom is -0.228 e. The Morgan fingerprint density at radius 3 is 1.60 bits per heavy atom. The van der Waals surface area contributed by atoms with Crippen molar-refractivity contribution in [3.8, 4) is 67.3 Å². The van der Waals surface area contributed by atoms with E-state index in [2.05, 4.69) is 158 Å². The molecule has 7 aromatic carbocycles. The molecule has 3 heteroatoms. The fourth-order valence-corrected chi connectivity index (χ4v) is 10.2. The lowest BCUT2D eigenvalue weighted by molar-refractivity contribution is 0.812. The van der Waals surface area contributed by atoms with Gasteiger partial charge in [0, 0.05) is 37.2 Å². The predicted molar refractivity (Wildman–Crippen MR) is 215 cm³/mol. The van der Waals surface area contributed by atoms with Crippen molar-refractivity contribution in [3.63, 3.8) is 0 Å². The predicted octanol–water partition coefficient (Wildman–Crippen LogP) is 12.7. The molecule has 242 valence electrons. The van der Waals surface area contributed by atoms with E-state index in [9.17, 15) is 0 Å². The van der Waals surface area contributed by atoms with Crippen molar-refractivity contribution >= 4 is 21.4 Å².